The number of halogens is 3. The summed E-state index contributed by atoms with van der Waals surface area (Å²) in [6.07, 6.45) is 5.04. The molecule has 1 aliphatic carbocycles. The molecule has 1 aliphatic rings. The monoisotopic (exact) mass is 399 g/mol. The molecule has 0 amide bonds. The van der Waals surface area contributed by atoms with Gasteiger partial charge in [-0.05, 0) is 31.0 Å². The summed E-state index contributed by atoms with van der Waals surface area (Å²) in [6, 6.07) is 10.8. The highest BCUT2D eigenvalue weighted by Crippen LogP contribution is 2.33. The van der Waals surface area contributed by atoms with Crippen molar-refractivity contribution < 1.29 is 13.9 Å². The summed E-state index contributed by atoms with van der Waals surface area (Å²) < 4.78 is 24.6. The lowest BCUT2D eigenvalue weighted by Gasteiger charge is -2.18. The van der Waals surface area contributed by atoms with Gasteiger partial charge in [-0.3, -0.25) is 0 Å². The van der Waals surface area contributed by atoms with Gasteiger partial charge in [-0.25, -0.2) is 4.39 Å². The Bertz CT molecular complexity index is 721. The Balaban J connectivity index is 0.00000243. The molecule has 0 bridgehead atoms. The third-order valence-corrected chi connectivity index (χ3v) is 4.96. The number of benzene rings is 2. The van der Waals surface area contributed by atoms with Crippen molar-refractivity contribution in [2.24, 2.45) is 0 Å². The van der Waals surface area contributed by atoms with E-state index in [1.807, 2.05) is 18.2 Å². The van der Waals surface area contributed by atoms with Crippen molar-refractivity contribution in [3.05, 3.63) is 58.4 Å². The first kappa shape index (κ1) is 20.8. The highest BCUT2D eigenvalue weighted by Gasteiger charge is 2.17. The molecular weight excluding hydrogens is 376 g/mol. The molecule has 2 aromatic rings. The van der Waals surface area contributed by atoms with Gasteiger partial charge in [-0.15, -0.1) is 12.4 Å². The summed E-state index contributed by atoms with van der Waals surface area (Å²) >= 11 is 6.09. The van der Waals surface area contributed by atoms with Crippen LogP contribution in [0.15, 0.2) is 36.4 Å². The lowest BCUT2D eigenvalue weighted by atomic mass is 10.1. The number of rotatable bonds is 7. The second-order valence-electron chi connectivity index (χ2n) is 6.34. The SMILES string of the molecule is COc1cccc(CNC2CCCC2)c1OCc1ccc(F)cc1Cl.Cl. The molecule has 0 radical (unpaired) electrons. The van der Waals surface area contributed by atoms with Crippen LogP contribution in [0.25, 0.3) is 0 Å². The van der Waals surface area contributed by atoms with Gasteiger partial charge < -0.3 is 14.8 Å². The summed E-state index contributed by atoms with van der Waals surface area (Å²) in [5.74, 6) is 1.03. The Morgan fingerprint density at radius 2 is 1.92 bits per heavy atom. The van der Waals surface area contributed by atoms with E-state index in [2.05, 4.69) is 5.32 Å². The van der Waals surface area contributed by atoms with Crippen LogP contribution in [-0.2, 0) is 13.2 Å². The molecular formula is C20H24Cl2FNO2. The summed E-state index contributed by atoms with van der Waals surface area (Å²) in [5, 5.41) is 3.96. The molecule has 1 saturated carbocycles. The van der Waals surface area contributed by atoms with E-state index in [0.29, 0.717) is 22.6 Å². The van der Waals surface area contributed by atoms with Crippen LogP contribution in [0, 0.1) is 5.82 Å². The van der Waals surface area contributed by atoms with Crippen molar-refractivity contribution in [2.75, 3.05) is 7.11 Å². The molecule has 0 unspecified atom stereocenters. The lowest BCUT2D eigenvalue weighted by Crippen LogP contribution is -2.25. The molecule has 3 rings (SSSR count). The Morgan fingerprint density at radius 3 is 2.62 bits per heavy atom. The van der Waals surface area contributed by atoms with E-state index in [1.54, 1.807) is 13.2 Å². The van der Waals surface area contributed by atoms with E-state index in [0.717, 1.165) is 17.7 Å². The van der Waals surface area contributed by atoms with E-state index >= 15 is 0 Å². The minimum Gasteiger partial charge on any atom is -0.493 e. The topological polar surface area (TPSA) is 30.5 Å². The second-order valence-corrected chi connectivity index (χ2v) is 6.74. The Labute approximate surface area is 165 Å². The van der Waals surface area contributed by atoms with Crippen molar-refractivity contribution in [1.29, 1.82) is 0 Å². The zero-order chi connectivity index (χ0) is 17.6. The van der Waals surface area contributed by atoms with Crippen molar-refractivity contribution in [2.45, 2.75) is 44.9 Å². The van der Waals surface area contributed by atoms with Crippen molar-refractivity contribution in [3.8, 4) is 11.5 Å². The third-order valence-electron chi connectivity index (χ3n) is 4.60. The Hall–Kier alpha value is -1.49. The van der Waals surface area contributed by atoms with Crippen LogP contribution in [0.2, 0.25) is 5.02 Å². The fourth-order valence-electron chi connectivity index (χ4n) is 3.20. The van der Waals surface area contributed by atoms with Gasteiger partial charge in [0.05, 0.1) is 12.1 Å². The lowest BCUT2D eigenvalue weighted by molar-refractivity contribution is 0.280. The molecule has 0 atom stereocenters. The zero-order valence-electron chi connectivity index (χ0n) is 14.8. The van der Waals surface area contributed by atoms with E-state index in [9.17, 15) is 4.39 Å². The molecule has 3 nitrogen and oxygen atoms in total. The average molecular weight is 400 g/mol. The highest BCUT2D eigenvalue weighted by atomic mass is 35.5. The molecule has 0 heterocycles. The Kier molecular flexibility index (Phi) is 8.01. The van der Waals surface area contributed by atoms with Crippen molar-refractivity contribution in [1.82, 2.24) is 5.32 Å². The maximum atomic E-state index is 13.2. The predicted molar refractivity (Wildman–Crippen MR) is 105 cm³/mol. The van der Waals surface area contributed by atoms with Crippen LogP contribution in [-0.4, -0.2) is 13.2 Å². The Morgan fingerprint density at radius 1 is 1.15 bits per heavy atom. The molecule has 1 N–H and O–H groups in total. The fraction of sp³-hybridized carbons (Fsp3) is 0.400. The van der Waals surface area contributed by atoms with Crippen molar-refractivity contribution >= 4 is 24.0 Å². The maximum absolute atomic E-state index is 13.2. The van der Waals surface area contributed by atoms with E-state index in [4.69, 9.17) is 21.1 Å². The normalized spacial score (nSPS) is 14.1. The molecule has 1 fully saturated rings. The first-order valence-electron chi connectivity index (χ1n) is 8.63. The summed E-state index contributed by atoms with van der Waals surface area (Å²) in [7, 11) is 1.63. The summed E-state index contributed by atoms with van der Waals surface area (Å²) in [6.45, 7) is 0.990. The minimum absolute atomic E-state index is 0. The second kappa shape index (κ2) is 10.0. The quantitative estimate of drug-likeness (QED) is 0.664. The van der Waals surface area contributed by atoms with Crippen LogP contribution in [0.5, 0.6) is 11.5 Å². The first-order valence-corrected chi connectivity index (χ1v) is 9.01. The van der Waals surface area contributed by atoms with Crippen LogP contribution in [0.1, 0.15) is 36.8 Å². The number of hydrogen-bond donors (Lipinski definition) is 1. The number of hydrogen-bond acceptors (Lipinski definition) is 3. The van der Waals surface area contributed by atoms with Gasteiger partial charge in [-0.2, -0.15) is 0 Å². The molecule has 0 saturated heterocycles. The standard InChI is InChI=1S/C20H23ClFNO2.ClH/c1-24-19-8-4-5-14(12-23-17-6-2-3-7-17)20(19)25-13-15-9-10-16(22)11-18(15)21;/h4-5,8-11,17,23H,2-3,6-7,12-13H2,1H3;1H. The smallest absolute Gasteiger partial charge is 0.166 e. The minimum atomic E-state index is -0.354. The number of ether oxygens (including phenoxy) is 2. The molecule has 0 aromatic heterocycles. The largest absolute Gasteiger partial charge is 0.493 e. The average Bonchev–Trinajstić information content (AvgIpc) is 3.13. The molecule has 142 valence electrons. The summed E-state index contributed by atoms with van der Waals surface area (Å²) in [4.78, 5) is 0. The fourth-order valence-corrected chi connectivity index (χ4v) is 3.42. The van der Waals surface area contributed by atoms with Crippen LogP contribution < -0.4 is 14.8 Å². The molecule has 2 aromatic carbocycles. The van der Waals surface area contributed by atoms with Crippen LogP contribution in [0.3, 0.4) is 0 Å². The maximum Gasteiger partial charge on any atom is 0.166 e. The molecule has 26 heavy (non-hydrogen) atoms. The third kappa shape index (κ3) is 5.26. The molecule has 0 spiro atoms. The van der Waals surface area contributed by atoms with Crippen molar-refractivity contribution in [3.63, 3.8) is 0 Å². The van der Waals surface area contributed by atoms with Gasteiger partial charge in [0, 0.05) is 23.7 Å². The van der Waals surface area contributed by atoms with Gasteiger partial charge in [0.1, 0.15) is 12.4 Å². The van der Waals surface area contributed by atoms with Gasteiger partial charge in [0.15, 0.2) is 11.5 Å². The van der Waals surface area contributed by atoms with Crippen LogP contribution >= 0.6 is 24.0 Å². The molecule has 6 heteroatoms. The molecule has 0 aliphatic heterocycles. The summed E-state index contributed by atoms with van der Waals surface area (Å²) in [5.41, 5.74) is 1.79. The van der Waals surface area contributed by atoms with Gasteiger partial charge in [0.2, 0.25) is 0 Å². The predicted octanol–water partition coefficient (Wildman–Crippen LogP) is 5.52. The van der Waals surface area contributed by atoms with E-state index < -0.39 is 0 Å². The van der Waals surface area contributed by atoms with E-state index in [1.165, 1.54) is 37.8 Å². The van der Waals surface area contributed by atoms with Crippen LogP contribution in [0.4, 0.5) is 4.39 Å². The number of nitrogens with one attached hydrogen (secondary N) is 1. The van der Waals surface area contributed by atoms with E-state index in [-0.39, 0.29) is 24.8 Å². The number of para-hydroxylation sites is 1. The van der Waals surface area contributed by atoms with Gasteiger partial charge >= 0.3 is 0 Å². The first-order chi connectivity index (χ1) is 12.2. The van der Waals surface area contributed by atoms with Gasteiger partial charge in [0.25, 0.3) is 0 Å². The number of methoxy groups -OCH3 is 1. The highest BCUT2D eigenvalue weighted by molar-refractivity contribution is 6.31. The zero-order valence-corrected chi connectivity index (χ0v) is 16.3. The van der Waals surface area contributed by atoms with Gasteiger partial charge in [-0.1, -0.05) is 42.6 Å².